The van der Waals surface area contributed by atoms with Crippen molar-refractivity contribution in [3.8, 4) is 11.5 Å². The summed E-state index contributed by atoms with van der Waals surface area (Å²) in [7, 11) is -3.03. The smallest absolute Gasteiger partial charge is 0.461 e. The number of rotatable bonds is 13. The molecule has 0 radical (unpaired) electrons. The van der Waals surface area contributed by atoms with E-state index >= 15 is 0 Å². The van der Waals surface area contributed by atoms with E-state index in [0.29, 0.717) is 17.6 Å². The standard InChI is InChI=1S/C30H39N4O10P/c1-33(44-45(39,40)43-23-8-3-6-21-26(23)19(16-32-21)10-14-34-11-4-12-34)13-9-18-15-31-20-5-2-7-22(25(18)20)41-30-29(38)28(37)27(36)24(17-35)42-30/h2-3,5-8,15-16,24,27-32,35-38H,4,9-14,17H2,1H3,(H,39,40)/t24?,27-,28?,29?,30-/m1/s1. The molecule has 2 aliphatic rings. The lowest BCUT2D eigenvalue weighted by Crippen LogP contribution is -2.60. The van der Waals surface area contributed by atoms with Crippen molar-refractivity contribution < 1.29 is 48.5 Å². The summed E-state index contributed by atoms with van der Waals surface area (Å²) in [5.41, 5.74) is 3.30. The van der Waals surface area contributed by atoms with E-state index in [1.54, 1.807) is 30.5 Å². The van der Waals surface area contributed by atoms with Crippen molar-refractivity contribution >= 4 is 29.6 Å². The average molecular weight is 647 g/mol. The monoisotopic (exact) mass is 646 g/mol. The number of nitrogens with one attached hydrogen (secondary N) is 2. The van der Waals surface area contributed by atoms with Crippen LogP contribution in [0.3, 0.4) is 0 Å². The molecule has 0 amide bonds. The summed E-state index contributed by atoms with van der Waals surface area (Å²) >= 11 is 0. The molecule has 4 aromatic rings. The van der Waals surface area contributed by atoms with Gasteiger partial charge in [0.15, 0.2) is 0 Å². The van der Waals surface area contributed by atoms with Crippen LogP contribution in [0.1, 0.15) is 17.5 Å². The Bertz CT molecular complexity index is 1660. The third kappa shape index (κ3) is 6.91. The third-order valence-electron chi connectivity index (χ3n) is 8.39. The van der Waals surface area contributed by atoms with Gasteiger partial charge in [-0.05, 0) is 67.7 Å². The quantitative estimate of drug-likeness (QED) is 0.0822. The van der Waals surface area contributed by atoms with Gasteiger partial charge in [0.2, 0.25) is 6.29 Å². The predicted octanol–water partition coefficient (Wildman–Crippen LogP) is 1.66. The lowest BCUT2D eigenvalue weighted by molar-refractivity contribution is -0.277. The van der Waals surface area contributed by atoms with Crippen molar-refractivity contribution in [3.63, 3.8) is 0 Å². The van der Waals surface area contributed by atoms with Crippen molar-refractivity contribution in [2.75, 3.05) is 39.8 Å². The Kier molecular flexibility index (Phi) is 9.50. The van der Waals surface area contributed by atoms with Crippen LogP contribution in [0, 0.1) is 0 Å². The van der Waals surface area contributed by atoms with E-state index in [9.17, 15) is 29.9 Å². The Morgan fingerprint density at radius 2 is 1.60 bits per heavy atom. The number of hydroxylamine groups is 2. The molecule has 0 bridgehead atoms. The summed E-state index contributed by atoms with van der Waals surface area (Å²) in [6.07, 6.45) is -1.08. The maximum Gasteiger partial charge on any atom is 0.544 e. The van der Waals surface area contributed by atoms with E-state index in [4.69, 9.17) is 18.6 Å². The minimum Gasteiger partial charge on any atom is -0.461 e. The highest BCUT2D eigenvalue weighted by Crippen LogP contribution is 2.47. The number of H-pyrrole nitrogens is 2. The number of aromatic amines is 2. The van der Waals surface area contributed by atoms with Crippen LogP contribution < -0.4 is 9.26 Å². The number of ether oxygens (including phenoxy) is 2. The molecule has 2 aliphatic heterocycles. The number of benzene rings is 2. The van der Waals surface area contributed by atoms with Gasteiger partial charge in [0.25, 0.3) is 0 Å². The fourth-order valence-corrected chi connectivity index (χ4v) is 6.69. The first-order chi connectivity index (χ1) is 21.6. The van der Waals surface area contributed by atoms with Crippen molar-refractivity contribution in [1.82, 2.24) is 19.9 Å². The van der Waals surface area contributed by atoms with Crippen molar-refractivity contribution in [2.24, 2.45) is 0 Å². The van der Waals surface area contributed by atoms with Crippen LogP contribution in [-0.4, -0.2) is 116 Å². The highest BCUT2D eigenvalue weighted by Gasteiger charge is 2.45. The van der Waals surface area contributed by atoms with Gasteiger partial charge < -0.3 is 49.3 Å². The Hall–Kier alpha value is -3.01. The van der Waals surface area contributed by atoms with Crippen LogP contribution in [0.5, 0.6) is 11.5 Å². The van der Waals surface area contributed by atoms with E-state index < -0.39 is 45.1 Å². The normalized spacial score (nSPS) is 25.4. The summed E-state index contributed by atoms with van der Waals surface area (Å²) in [6.45, 7) is 2.70. The van der Waals surface area contributed by atoms with E-state index in [-0.39, 0.29) is 12.3 Å². The molecule has 0 aliphatic carbocycles. The number of aliphatic hydroxyl groups excluding tert-OH is 4. The molecule has 6 atom stereocenters. The minimum atomic E-state index is -4.56. The molecule has 2 aromatic heterocycles. The number of hydrogen-bond acceptors (Lipinski definition) is 11. The van der Waals surface area contributed by atoms with E-state index in [0.717, 1.165) is 53.6 Å². The van der Waals surface area contributed by atoms with E-state index in [1.807, 2.05) is 18.3 Å². The number of fused-ring (bicyclic) bond motifs is 2. The highest BCUT2D eigenvalue weighted by atomic mass is 31.2. The number of phosphoric acid groups is 1. The molecule has 4 heterocycles. The van der Waals surface area contributed by atoms with Gasteiger partial charge in [0.05, 0.1) is 6.61 Å². The number of hydrogen-bond donors (Lipinski definition) is 7. The molecule has 7 N–H and O–H groups in total. The first-order valence-electron chi connectivity index (χ1n) is 14.9. The molecule has 4 unspecified atom stereocenters. The molecule has 6 rings (SSSR count). The van der Waals surface area contributed by atoms with Crippen LogP contribution in [0.25, 0.3) is 21.8 Å². The molecule has 2 fully saturated rings. The van der Waals surface area contributed by atoms with Crippen molar-refractivity contribution in [1.29, 1.82) is 0 Å². The summed E-state index contributed by atoms with van der Waals surface area (Å²) in [6, 6.07) is 10.5. The van der Waals surface area contributed by atoms with Gasteiger partial charge >= 0.3 is 7.82 Å². The van der Waals surface area contributed by atoms with Gasteiger partial charge in [-0.1, -0.05) is 12.1 Å². The van der Waals surface area contributed by atoms with Gasteiger partial charge in [-0.15, -0.1) is 0 Å². The van der Waals surface area contributed by atoms with E-state index in [1.165, 1.54) is 18.5 Å². The molecule has 15 heteroatoms. The summed E-state index contributed by atoms with van der Waals surface area (Å²) in [4.78, 5) is 19.4. The summed E-state index contributed by atoms with van der Waals surface area (Å²) < 4.78 is 35.5. The predicted molar refractivity (Wildman–Crippen MR) is 164 cm³/mol. The second kappa shape index (κ2) is 13.4. The van der Waals surface area contributed by atoms with Crippen LogP contribution in [0.2, 0.25) is 0 Å². The van der Waals surface area contributed by atoms with Crippen LogP contribution >= 0.6 is 7.82 Å². The van der Waals surface area contributed by atoms with Crippen LogP contribution in [0.4, 0.5) is 0 Å². The average Bonchev–Trinajstić information content (AvgIpc) is 3.60. The van der Waals surface area contributed by atoms with Crippen molar-refractivity contribution in [2.45, 2.75) is 50.0 Å². The number of likely N-dealkylation sites (N-methyl/N-ethyl adjacent to an activating group) is 1. The zero-order valence-corrected chi connectivity index (χ0v) is 25.7. The summed E-state index contributed by atoms with van der Waals surface area (Å²) in [5, 5.41) is 42.9. The molecular formula is C30H39N4O10P. The summed E-state index contributed by atoms with van der Waals surface area (Å²) in [5.74, 6) is 0.593. The van der Waals surface area contributed by atoms with E-state index in [2.05, 4.69) is 14.9 Å². The van der Waals surface area contributed by atoms with Gasteiger partial charge in [0, 0.05) is 54.3 Å². The second-order valence-electron chi connectivity index (χ2n) is 11.5. The Balaban J connectivity index is 1.11. The van der Waals surface area contributed by atoms with Crippen LogP contribution in [-0.2, 0) is 26.8 Å². The highest BCUT2D eigenvalue weighted by molar-refractivity contribution is 7.47. The molecular weight excluding hydrogens is 607 g/mol. The van der Waals surface area contributed by atoms with Gasteiger partial charge in [-0.2, -0.15) is 9.69 Å². The first kappa shape index (κ1) is 32.0. The molecule has 14 nitrogen and oxygen atoms in total. The Morgan fingerprint density at radius 1 is 0.956 bits per heavy atom. The molecule has 2 aromatic carbocycles. The maximum atomic E-state index is 13.1. The zero-order valence-electron chi connectivity index (χ0n) is 24.8. The number of aromatic nitrogens is 2. The topological polar surface area (TPSA) is 193 Å². The number of phosphoric ester groups is 1. The lowest BCUT2D eigenvalue weighted by atomic mass is 9.99. The fourth-order valence-electron chi connectivity index (χ4n) is 5.82. The zero-order chi connectivity index (χ0) is 31.7. The lowest BCUT2D eigenvalue weighted by Gasteiger charge is -2.39. The number of aliphatic hydroxyl groups is 4. The van der Waals surface area contributed by atoms with Gasteiger partial charge in [-0.25, -0.2) is 4.57 Å². The molecule has 2 saturated heterocycles. The third-order valence-corrected chi connectivity index (χ3v) is 9.30. The fraction of sp³-hybridized carbons (Fsp3) is 0.467. The molecule has 244 valence electrons. The molecule has 45 heavy (non-hydrogen) atoms. The maximum absolute atomic E-state index is 13.1. The van der Waals surface area contributed by atoms with Gasteiger partial charge in [0.1, 0.15) is 35.9 Å². The first-order valence-corrected chi connectivity index (χ1v) is 16.4. The van der Waals surface area contributed by atoms with Crippen molar-refractivity contribution in [3.05, 3.63) is 59.9 Å². The SMILES string of the molecule is CN(CCc1c[nH]c2cccc(O[C@@H]3OC(CO)[C@@H](O)C(O)C3O)c12)OP(=O)(O)Oc1cccc2[nH]cc(CCN3CCC3)c12. The minimum absolute atomic E-state index is 0.199. The number of nitrogens with zero attached hydrogens (tertiary/aromatic N) is 2. The molecule has 0 saturated carbocycles. The Labute approximate surface area is 259 Å². The number of likely N-dealkylation sites (tertiary alicyclic amines) is 1. The largest absolute Gasteiger partial charge is 0.544 e. The second-order valence-corrected chi connectivity index (χ2v) is 12.8. The van der Waals surface area contributed by atoms with Gasteiger partial charge in [-0.3, -0.25) is 4.89 Å². The van der Waals surface area contributed by atoms with Crippen LogP contribution in [0.15, 0.2) is 48.8 Å². The molecule has 0 spiro atoms. The Morgan fingerprint density at radius 3 is 2.24 bits per heavy atom.